The summed E-state index contributed by atoms with van der Waals surface area (Å²) in [5, 5.41) is 0. The van der Waals surface area contributed by atoms with Crippen LogP contribution in [0.1, 0.15) is 74.2 Å². The van der Waals surface area contributed by atoms with E-state index in [0.29, 0.717) is 23.7 Å². The smallest absolute Gasteiger partial charge is 0.429 e. The summed E-state index contributed by atoms with van der Waals surface area (Å²) in [5.41, 5.74) is 3.24. The summed E-state index contributed by atoms with van der Waals surface area (Å²) in [6, 6.07) is 15.7. The van der Waals surface area contributed by atoms with E-state index >= 15 is 0 Å². The first kappa shape index (κ1) is 22.4. The molecule has 0 aromatic heterocycles. The Kier molecular flexibility index (Phi) is 6.98. The molecule has 1 aliphatic carbocycles. The molecule has 4 aliphatic rings. The van der Waals surface area contributed by atoms with Crippen LogP contribution < -0.4 is 4.74 Å². The van der Waals surface area contributed by atoms with Gasteiger partial charge in [0.05, 0.1) is 12.2 Å². The Balaban J connectivity index is 1.32. The number of benzene rings is 2. The second-order valence-corrected chi connectivity index (χ2v) is 9.82. The Labute approximate surface area is 197 Å². The zero-order valence-electron chi connectivity index (χ0n) is 19.6. The number of rotatable bonds is 7. The Morgan fingerprint density at radius 2 is 1.76 bits per heavy atom. The number of carbonyl (C=O) groups excluding carboxylic acids is 1. The van der Waals surface area contributed by atoms with Crippen molar-refractivity contribution in [2.75, 3.05) is 19.6 Å². The van der Waals surface area contributed by atoms with Gasteiger partial charge >= 0.3 is 6.16 Å². The van der Waals surface area contributed by atoms with Crippen LogP contribution in [0.4, 0.5) is 4.79 Å². The van der Waals surface area contributed by atoms with Crippen LogP contribution in [0.25, 0.3) is 0 Å². The molecule has 6 rings (SSSR count). The average molecular weight is 450 g/mol. The number of hydrogen-bond donors (Lipinski definition) is 0. The molecule has 3 aliphatic heterocycles. The molecular formula is C28H35NO4. The van der Waals surface area contributed by atoms with Gasteiger partial charge in [0.2, 0.25) is 0 Å². The van der Waals surface area contributed by atoms with Gasteiger partial charge in [-0.15, -0.1) is 0 Å². The third kappa shape index (κ3) is 5.25. The fourth-order valence-corrected chi connectivity index (χ4v) is 5.89. The summed E-state index contributed by atoms with van der Waals surface area (Å²) < 4.78 is 17.9. The predicted molar refractivity (Wildman–Crippen MR) is 127 cm³/mol. The van der Waals surface area contributed by atoms with E-state index in [0.717, 1.165) is 36.1 Å². The van der Waals surface area contributed by atoms with E-state index < -0.39 is 6.16 Å². The third-order valence-electron chi connectivity index (χ3n) is 7.67. The summed E-state index contributed by atoms with van der Waals surface area (Å²) in [6.45, 7) is 5.82. The maximum absolute atomic E-state index is 12.6. The fraction of sp³-hybridized carbons (Fsp3) is 0.536. The second-order valence-electron chi connectivity index (χ2n) is 9.82. The van der Waals surface area contributed by atoms with Crippen LogP contribution in [0.2, 0.25) is 0 Å². The molecule has 4 fully saturated rings. The van der Waals surface area contributed by atoms with Gasteiger partial charge in [-0.25, -0.2) is 4.79 Å². The first-order chi connectivity index (χ1) is 16.2. The van der Waals surface area contributed by atoms with Crippen LogP contribution in [0.5, 0.6) is 5.75 Å². The van der Waals surface area contributed by atoms with Gasteiger partial charge in [-0.2, -0.15) is 0 Å². The molecule has 0 radical (unpaired) electrons. The van der Waals surface area contributed by atoms with Gasteiger partial charge in [-0.3, -0.25) is 0 Å². The summed E-state index contributed by atoms with van der Waals surface area (Å²) >= 11 is 0. The number of piperidine rings is 3. The van der Waals surface area contributed by atoms with Crippen LogP contribution in [0, 0.1) is 5.92 Å². The normalized spacial score (nSPS) is 25.7. The molecular weight excluding hydrogens is 414 g/mol. The van der Waals surface area contributed by atoms with Crippen molar-refractivity contribution in [3.05, 3.63) is 65.2 Å². The lowest BCUT2D eigenvalue weighted by molar-refractivity contribution is -0.0991. The Morgan fingerprint density at radius 1 is 1.00 bits per heavy atom. The maximum atomic E-state index is 12.6. The molecule has 2 aromatic rings. The number of ether oxygens (including phenoxy) is 3. The van der Waals surface area contributed by atoms with Crippen LogP contribution in [-0.2, 0) is 16.1 Å². The van der Waals surface area contributed by atoms with Gasteiger partial charge in [0, 0.05) is 12.1 Å². The topological polar surface area (TPSA) is 48.0 Å². The van der Waals surface area contributed by atoms with Gasteiger partial charge in [-0.05, 0) is 74.7 Å². The van der Waals surface area contributed by atoms with Gasteiger partial charge in [-0.1, -0.05) is 55.3 Å². The van der Waals surface area contributed by atoms with Crippen molar-refractivity contribution in [1.29, 1.82) is 0 Å². The molecule has 0 unspecified atom stereocenters. The minimum Gasteiger partial charge on any atom is -0.429 e. The van der Waals surface area contributed by atoms with E-state index in [1.54, 1.807) is 0 Å². The van der Waals surface area contributed by atoms with Gasteiger partial charge in [0.1, 0.15) is 12.4 Å². The number of carbonyl (C=O) groups is 1. The Bertz CT molecular complexity index is 932. The first-order valence-corrected chi connectivity index (χ1v) is 12.6. The molecule has 3 saturated heterocycles. The molecule has 33 heavy (non-hydrogen) atoms. The predicted octanol–water partition coefficient (Wildman–Crippen LogP) is 6.23. The molecule has 176 valence electrons. The van der Waals surface area contributed by atoms with Crippen LogP contribution >= 0.6 is 0 Å². The van der Waals surface area contributed by atoms with Crippen LogP contribution in [0.15, 0.2) is 48.5 Å². The summed E-state index contributed by atoms with van der Waals surface area (Å²) in [4.78, 5) is 15.1. The molecule has 2 atom stereocenters. The standard InChI is InChI=1S/C28H35NO4/c1-20(32-26-18-29-16-14-22(26)15-17-29)24-12-7-13-25(27(24)23-10-5-6-11-23)33-28(30)31-19-21-8-3-2-4-9-21/h2-4,7-9,12-13,20,22-23,26H,5-6,10-11,14-19H2,1H3/t20-,26+/m1/s1. The first-order valence-electron chi connectivity index (χ1n) is 12.6. The zero-order valence-corrected chi connectivity index (χ0v) is 19.6. The maximum Gasteiger partial charge on any atom is 0.514 e. The molecule has 2 aromatic carbocycles. The SMILES string of the molecule is C[C@@H](O[C@H]1CN2CCC1CC2)c1cccc(OC(=O)OCc2ccccc2)c1C1CCCC1. The second kappa shape index (κ2) is 10.3. The van der Waals surface area contributed by atoms with Crippen molar-refractivity contribution in [2.24, 2.45) is 5.92 Å². The van der Waals surface area contributed by atoms with Gasteiger partial charge < -0.3 is 19.1 Å². The summed E-state index contributed by atoms with van der Waals surface area (Å²) in [5.74, 6) is 1.69. The minimum atomic E-state index is -0.652. The molecule has 2 bridgehead atoms. The molecule has 5 nitrogen and oxygen atoms in total. The largest absolute Gasteiger partial charge is 0.514 e. The van der Waals surface area contributed by atoms with Crippen molar-refractivity contribution in [2.45, 2.75) is 70.2 Å². The van der Waals surface area contributed by atoms with E-state index in [1.165, 1.54) is 38.8 Å². The lowest BCUT2D eigenvalue weighted by atomic mass is 9.85. The average Bonchev–Trinajstić information content (AvgIpc) is 3.39. The van der Waals surface area contributed by atoms with Crippen molar-refractivity contribution in [3.63, 3.8) is 0 Å². The van der Waals surface area contributed by atoms with E-state index in [-0.39, 0.29) is 12.7 Å². The highest BCUT2D eigenvalue weighted by Gasteiger charge is 2.36. The Hall–Kier alpha value is -2.37. The highest BCUT2D eigenvalue weighted by molar-refractivity contribution is 5.65. The zero-order chi connectivity index (χ0) is 22.6. The van der Waals surface area contributed by atoms with Crippen molar-refractivity contribution in [1.82, 2.24) is 4.90 Å². The van der Waals surface area contributed by atoms with E-state index in [4.69, 9.17) is 14.2 Å². The number of nitrogens with zero attached hydrogens (tertiary/aromatic N) is 1. The quantitative estimate of drug-likeness (QED) is 0.370. The van der Waals surface area contributed by atoms with Crippen molar-refractivity contribution in [3.8, 4) is 5.75 Å². The van der Waals surface area contributed by atoms with E-state index in [1.807, 2.05) is 42.5 Å². The fourth-order valence-electron chi connectivity index (χ4n) is 5.89. The molecule has 0 amide bonds. The van der Waals surface area contributed by atoms with Crippen LogP contribution in [-0.4, -0.2) is 36.8 Å². The van der Waals surface area contributed by atoms with Crippen molar-refractivity contribution >= 4 is 6.16 Å². The highest BCUT2D eigenvalue weighted by Crippen LogP contribution is 2.44. The summed E-state index contributed by atoms with van der Waals surface area (Å²) in [7, 11) is 0. The molecule has 0 N–H and O–H groups in total. The van der Waals surface area contributed by atoms with Gasteiger partial charge in [0.25, 0.3) is 0 Å². The van der Waals surface area contributed by atoms with E-state index in [9.17, 15) is 4.79 Å². The molecule has 3 heterocycles. The Morgan fingerprint density at radius 3 is 2.45 bits per heavy atom. The lowest BCUT2D eigenvalue weighted by Gasteiger charge is -2.45. The van der Waals surface area contributed by atoms with Crippen LogP contribution in [0.3, 0.4) is 0 Å². The third-order valence-corrected chi connectivity index (χ3v) is 7.67. The molecule has 1 saturated carbocycles. The van der Waals surface area contributed by atoms with E-state index in [2.05, 4.69) is 17.9 Å². The minimum absolute atomic E-state index is 0.0324. The molecule has 0 spiro atoms. The van der Waals surface area contributed by atoms with Gasteiger partial charge in [0.15, 0.2) is 0 Å². The monoisotopic (exact) mass is 449 g/mol. The van der Waals surface area contributed by atoms with Crippen molar-refractivity contribution < 1.29 is 19.0 Å². The highest BCUT2D eigenvalue weighted by atomic mass is 16.7. The number of hydrogen-bond acceptors (Lipinski definition) is 5. The molecule has 5 heteroatoms. The number of fused-ring (bicyclic) bond motifs is 3. The summed E-state index contributed by atoms with van der Waals surface area (Å²) in [6.07, 6.45) is 6.76. The lowest BCUT2D eigenvalue weighted by Crippen LogP contribution is -2.51.